The molecule has 2 nitrogen and oxygen atoms in total. The van der Waals surface area contributed by atoms with Gasteiger partial charge in [0, 0.05) is 36.1 Å². The monoisotopic (exact) mass is 287 g/mol. The summed E-state index contributed by atoms with van der Waals surface area (Å²) in [5.41, 5.74) is 1.43. The molecule has 0 N–H and O–H groups in total. The fraction of sp³-hybridized carbons (Fsp3) is 0.143. The van der Waals surface area contributed by atoms with Crippen LogP contribution in [-0.4, -0.2) is 0 Å². The number of hydrogen-bond acceptors (Lipinski definition) is 1. The largest absolute Gasteiger partial charge is 1.00 e. The molecule has 0 saturated heterocycles. The van der Waals surface area contributed by atoms with Crippen molar-refractivity contribution < 1.29 is 44.3 Å². The molecule has 13 heavy (non-hydrogen) atoms. The summed E-state index contributed by atoms with van der Waals surface area (Å²) in [6.45, 7) is 1.83. The number of rotatable bonds is 0. The predicted octanol–water partition coefficient (Wildman–Crippen LogP) is -2.86. The van der Waals surface area contributed by atoms with Crippen molar-refractivity contribution in [2.75, 3.05) is 0 Å². The van der Waals surface area contributed by atoms with Gasteiger partial charge in [-0.25, -0.2) is 0 Å². The smallest absolute Gasteiger partial charge is 0.388 e. The molecule has 1 aromatic carbocycles. The fourth-order valence-corrected chi connectivity index (χ4v) is 0.958. The maximum absolute atomic E-state index is 8.39. The maximum atomic E-state index is 8.39. The van der Waals surface area contributed by atoms with Crippen LogP contribution in [0.5, 0.6) is 0 Å². The van der Waals surface area contributed by atoms with E-state index in [1.807, 2.05) is 6.92 Å². The first kappa shape index (κ1) is 18.8. The van der Waals surface area contributed by atoms with E-state index in [1.54, 1.807) is 18.2 Å². The third-order valence-corrected chi connectivity index (χ3v) is 1.50. The molecular formula is C7H6Cl3N2Zn-. The number of aryl methyl sites for hydroxylation is 1. The molecule has 0 radical (unpaired) electrons. The van der Waals surface area contributed by atoms with Gasteiger partial charge in [0.2, 0.25) is 5.39 Å². The van der Waals surface area contributed by atoms with E-state index >= 15 is 0 Å². The Morgan fingerprint density at radius 2 is 1.85 bits per heavy atom. The van der Waals surface area contributed by atoms with Crippen LogP contribution in [0.2, 0.25) is 5.02 Å². The minimum Gasteiger partial charge on any atom is -1.00 e. The van der Waals surface area contributed by atoms with Gasteiger partial charge in [0.15, 0.2) is 4.98 Å². The standard InChI is InChI=1S/C7H6ClN2.2ClH.Zn/c1-5-4-6(8)2-3-7(5)10-9;;;/h2-4H,1H3;2*1H;/q+1;;;/p-2. The van der Waals surface area contributed by atoms with Gasteiger partial charge >= 0.3 is 5.69 Å². The number of diazo groups is 1. The van der Waals surface area contributed by atoms with Gasteiger partial charge in [-0.05, 0) is 19.1 Å². The van der Waals surface area contributed by atoms with Crippen LogP contribution in [0.15, 0.2) is 18.2 Å². The topological polar surface area (TPSA) is 28.1 Å². The summed E-state index contributed by atoms with van der Waals surface area (Å²) >= 11 is 5.65. The second kappa shape index (κ2) is 8.72. The van der Waals surface area contributed by atoms with E-state index in [-0.39, 0.29) is 44.3 Å². The van der Waals surface area contributed by atoms with Crippen LogP contribution >= 0.6 is 11.6 Å². The number of nitrogens with zero attached hydrogens (tertiary/aromatic N) is 2. The second-order valence-corrected chi connectivity index (χ2v) is 2.47. The van der Waals surface area contributed by atoms with Crippen LogP contribution in [0.25, 0.3) is 4.98 Å². The van der Waals surface area contributed by atoms with Crippen LogP contribution < -0.4 is 24.8 Å². The SMILES string of the molecule is Cc1cc(Cl)ccc1[N+]#N.[Cl-].[Cl-].[Zn]. The number of hydrogen-bond donors (Lipinski definition) is 0. The van der Waals surface area contributed by atoms with Gasteiger partial charge in [-0.15, -0.1) is 0 Å². The molecule has 68 valence electrons. The molecule has 0 aromatic heterocycles. The summed E-state index contributed by atoms with van der Waals surface area (Å²) < 4.78 is 0. The zero-order valence-electron chi connectivity index (χ0n) is 6.97. The summed E-state index contributed by atoms with van der Waals surface area (Å²) in [6, 6.07) is 5.10. The van der Waals surface area contributed by atoms with E-state index in [2.05, 4.69) is 4.98 Å². The van der Waals surface area contributed by atoms with Gasteiger partial charge in [0.1, 0.15) is 0 Å². The summed E-state index contributed by atoms with van der Waals surface area (Å²) in [7, 11) is 0. The van der Waals surface area contributed by atoms with Crippen molar-refractivity contribution in [3.8, 4) is 0 Å². The third kappa shape index (κ3) is 5.44. The Kier molecular flexibility index (Phi) is 12.6. The van der Waals surface area contributed by atoms with Crippen molar-refractivity contribution in [1.29, 1.82) is 5.39 Å². The van der Waals surface area contributed by atoms with E-state index in [4.69, 9.17) is 17.0 Å². The Morgan fingerprint density at radius 3 is 2.23 bits per heavy atom. The van der Waals surface area contributed by atoms with E-state index in [1.165, 1.54) is 0 Å². The average Bonchev–Trinajstić information content (AvgIpc) is 1.88. The molecule has 0 amide bonds. The first-order chi connectivity index (χ1) is 4.74. The van der Waals surface area contributed by atoms with Crippen molar-refractivity contribution >= 4 is 17.3 Å². The molecular weight excluding hydrogens is 284 g/mol. The molecule has 0 unspecified atom stereocenters. The molecule has 0 heterocycles. The summed E-state index contributed by atoms with van der Waals surface area (Å²) in [5.74, 6) is 0. The Hall–Kier alpha value is 0.133. The Bertz CT molecular complexity index is 298. The molecule has 0 saturated carbocycles. The summed E-state index contributed by atoms with van der Waals surface area (Å²) in [6.07, 6.45) is 0. The maximum Gasteiger partial charge on any atom is 0.388 e. The van der Waals surface area contributed by atoms with E-state index in [0.29, 0.717) is 10.7 Å². The quantitative estimate of drug-likeness (QED) is 0.373. The first-order valence-corrected chi connectivity index (χ1v) is 3.23. The Balaban J connectivity index is -0.000000333. The average molecular weight is 290 g/mol. The van der Waals surface area contributed by atoms with Gasteiger partial charge < -0.3 is 24.8 Å². The van der Waals surface area contributed by atoms with Gasteiger partial charge in [-0.1, -0.05) is 11.6 Å². The summed E-state index contributed by atoms with van der Waals surface area (Å²) in [5, 5.41) is 9.05. The van der Waals surface area contributed by atoms with Crippen LogP contribution in [0.4, 0.5) is 5.69 Å². The van der Waals surface area contributed by atoms with Gasteiger partial charge in [-0.3, -0.25) is 0 Å². The number of benzene rings is 1. The molecule has 0 aliphatic carbocycles. The van der Waals surface area contributed by atoms with Crippen LogP contribution in [-0.2, 0) is 19.5 Å². The molecule has 0 atom stereocenters. The molecule has 1 rings (SSSR count). The van der Waals surface area contributed by atoms with E-state index < -0.39 is 0 Å². The molecule has 0 fully saturated rings. The molecule has 1 aromatic rings. The van der Waals surface area contributed by atoms with Gasteiger partial charge in [0.25, 0.3) is 0 Å². The molecule has 6 heteroatoms. The minimum absolute atomic E-state index is 0. The zero-order chi connectivity index (χ0) is 7.56. The van der Waals surface area contributed by atoms with Crippen molar-refractivity contribution in [3.63, 3.8) is 0 Å². The van der Waals surface area contributed by atoms with Crippen molar-refractivity contribution in [1.82, 2.24) is 0 Å². The fourth-order valence-electron chi connectivity index (χ4n) is 0.731. The van der Waals surface area contributed by atoms with Crippen molar-refractivity contribution in [2.45, 2.75) is 6.92 Å². The van der Waals surface area contributed by atoms with E-state index in [9.17, 15) is 0 Å². The Morgan fingerprint density at radius 1 is 1.31 bits per heavy atom. The molecule has 0 spiro atoms. The van der Waals surface area contributed by atoms with Crippen molar-refractivity contribution in [2.24, 2.45) is 0 Å². The van der Waals surface area contributed by atoms with Crippen LogP contribution in [0, 0.1) is 12.3 Å². The minimum atomic E-state index is 0. The third-order valence-electron chi connectivity index (χ3n) is 1.27. The van der Waals surface area contributed by atoms with Crippen LogP contribution in [0.1, 0.15) is 5.56 Å². The second-order valence-electron chi connectivity index (χ2n) is 2.03. The molecule has 0 bridgehead atoms. The van der Waals surface area contributed by atoms with Gasteiger partial charge in [0.05, 0.1) is 0 Å². The zero-order valence-corrected chi connectivity index (χ0v) is 12.2. The molecule has 0 aliphatic heterocycles. The first-order valence-electron chi connectivity index (χ1n) is 2.85. The number of halogens is 3. The summed E-state index contributed by atoms with van der Waals surface area (Å²) in [4.78, 5) is 3.05. The van der Waals surface area contributed by atoms with Crippen LogP contribution in [0.3, 0.4) is 0 Å². The van der Waals surface area contributed by atoms with Gasteiger partial charge in [-0.2, -0.15) is 0 Å². The van der Waals surface area contributed by atoms with E-state index in [0.717, 1.165) is 5.56 Å². The van der Waals surface area contributed by atoms with Crippen molar-refractivity contribution in [3.05, 3.63) is 33.8 Å². The normalized spacial score (nSPS) is 6.85. The predicted molar refractivity (Wildman–Crippen MR) is 40.9 cm³/mol. The Labute approximate surface area is 107 Å². The molecule has 0 aliphatic rings.